The third-order valence-corrected chi connectivity index (χ3v) is 3.70. The number of hydrogen-bond donors (Lipinski definition) is 1. The Kier molecular flexibility index (Phi) is 4.17. The van der Waals surface area contributed by atoms with Crippen LogP contribution < -0.4 is 15.0 Å². The zero-order valence-corrected chi connectivity index (χ0v) is 12.5. The average molecular weight is 296 g/mol. The molecule has 0 saturated carbocycles. The van der Waals surface area contributed by atoms with Crippen LogP contribution in [0, 0.1) is 11.3 Å². The van der Waals surface area contributed by atoms with E-state index in [9.17, 15) is 5.26 Å². The summed E-state index contributed by atoms with van der Waals surface area (Å²) in [5.74, 6) is 1.43. The van der Waals surface area contributed by atoms with Crippen LogP contribution in [0.25, 0.3) is 11.3 Å². The van der Waals surface area contributed by atoms with Crippen molar-refractivity contribution in [3.8, 4) is 23.1 Å². The third-order valence-electron chi connectivity index (χ3n) is 3.70. The lowest BCUT2D eigenvalue weighted by atomic mass is 10.1. The molecule has 1 fully saturated rings. The van der Waals surface area contributed by atoms with Gasteiger partial charge in [-0.25, -0.2) is 9.97 Å². The molecule has 112 valence electrons. The first-order valence-electron chi connectivity index (χ1n) is 7.30. The number of quaternary nitrogens is 1. The standard InChI is InChI=1S/C16H17N5O/c1-22-14-4-2-12(3-5-14)15-10-13(11-17)19-16(20-15)21-8-6-18-7-9-21/h2-5,10,18H,6-9H2,1H3/p+1. The van der Waals surface area contributed by atoms with Gasteiger partial charge in [0.05, 0.1) is 39.0 Å². The van der Waals surface area contributed by atoms with Gasteiger partial charge in [-0.2, -0.15) is 5.26 Å². The first-order valence-corrected chi connectivity index (χ1v) is 7.30. The Morgan fingerprint density at radius 1 is 1.18 bits per heavy atom. The van der Waals surface area contributed by atoms with Gasteiger partial charge in [0.2, 0.25) is 5.95 Å². The predicted molar refractivity (Wildman–Crippen MR) is 82.6 cm³/mol. The predicted octanol–water partition coefficient (Wildman–Crippen LogP) is 0.407. The highest BCUT2D eigenvalue weighted by Crippen LogP contribution is 2.23. The molecule has 2 aromatic rings. The van der Waals surface area contributed by atoms with Gasteiger partial charge < -0.3 is 15.0 Å². The summed E-state index contributed by atoms with van der Waals surface area (Å²) in [4.78, 5) is 11.1. The Labute approximate surface area is 129 Å². The molecule has 6 heteroatoms. The molecule has 1 aromatic carbocycles. The van der Waals surface area contributed by atoms with Gasteiger partial charge in [0.25, 0.3) is 0 Å². The molecule has 0 bridgehead atoms. The molecule has 1 aromatic heterocycles. The molecule has 6 nitrogen and oxygen atoms in total. The van der Waals surface area contributed by atoms with Crippen molar-refractivity contribution in [3.05, 3.63) is 36.0 Å². The number of nitrogens with two attached hydrogens (primary N) is 1. The number of aromatic nitrogens is 2. The smallest absolute Gasteiger partial charge is 0.227 e. The van der Waals surface area contributed by atoms with E-state index in [1.54, 1.807) is 13.2 Å². The number of nitrogens with zero attached hydrogens (tertiary/aromatic N) is 4. The molecule has 3 rings (SSSR count). The van der Waals surface area contributed by atoms with Gasteiger partial charge in [0.1, 0.15) is 17.5 Å². The molecule has 1 aliphatic heterocycles. The van der Waals surface area contributed by atoms with E-state index >= 15 is 0 Å². The summed E-state index contributed by atoms with van der Waals surface area (Å²) in [7, 11) is 1.64. The van der Waals surface area contributed by atoms with Crippen molar-refractivity contribution in [1.29, 1.82) is 5.26 Å². The fourth-order valence-electron chi connectivity index (χ4n) is 2.49. The molecule has 22 heavy (non-hydrogen) atoms. The summed E-state index contributed by atoms with van der Waals surface area (Å²) >= 11 is 0. The summed E-state index contributed by atoms with van der Waals surface area (Å²) in [6.07, 6.45) is 0. The van der Waals surface area contributed by atoms with E-state index in [0.717, 1.165) is 43.2 Å². The summed E-state index contributed by atoms with van der Waals surface area (Å²) in [5, 5.41) is 11.5. The fourth-order valence-corrected chi connectivity index (χ4v) is 2.49. The lowest BCUT2D eigenvalue weighted by Crippen LogP contribution is -2.89. The number of piperazine rings is 1. The van der Waals surface area contributed by atoms with Gasteiger partial charge in [0.15, 0.2) is 0 Å². The van der Waals surface area contributed by atoms with Gasteiger partial charge in [-0.05, 0) is 24.3 Å². The van der Waals surface area contributed by atoms with Crippen molar-refractivity contribution in [1.82, 2.24) is 9.97 Å². The van der Waals surface area contributed by atoms with E-state index in [-0.39, 0.29) is 0 Å². The molecule has 1 aliphatic rings. The van der Waals surface area contributed by atoms with Crippen molar-refractivity contribution in [3.63, 3.8) is 0 Å². The molecule has 2 heterocycles. The van der Waals surface area contributed by atoms with Crippen LogP contribution >= 0.6 is 0 Å². The van der Waals surface area contributed by atoms with E-state index in [0.29, 0.717) is 11.6 Å². The molecule has 1 saturated heterocycles. The summed E-state index contributed by atoms with van der Waals surface area (Å²) < 4.78 is 5.17. The minimum atomic E-state index is 0.394. The number of anilines is 1. The summed E-state index contributed by atoms with van der Waals surface area (Å²) in [6, 6.07) is 11.5. The third kappa shape index (κ3) is 3.00. The maximum Gasteiger partial charge on any atom is 0.227 e. The molecular formula is C16H18N5O+. The quantitative estimate of drug-likeness (QED) is 0.887. The molecule has 0 aliphatic carbocycles. The number of ether oxygens (including phenoxy) is 1. The monoisotopic (exact) mass is 296 g/mol. The molecule has 0 amide bonds. The minimum absolute atomic E-state index is 0.394. The van der Waals surface area contributed by atoms with Gasteiger partial charge in [-0.15, -0.1) is 0 Å². The molecule has 2 N–H and O–H groups in total. The molecule has 0 radical (unpaired) electrons. The summed E-state index contributed by atoms with van der Waals surface area (Å²) in [5.41, 5.74) is 2.11. The van der Waals surface area contributed by atoms with Crippen LogP contribution in [0.15, 0.2) is 30.3 Å². The van der Waals surface area contributed by atoms with Crippen LogP contribution in [0.3, 0.4) is 0 Å². The van der Waals surface area contributed by atoms with Crippen LogP contribution in [0.5, 0.6) is 5.75 Å². The number of methoxy groups -OCH3 is 1. The first-order chi connectivity index (χ1) is 10.8. The van der Waals surface area contributed by atoms with Crippen molar-refractivity contribution in [2.75, 3.05) is 38.2 Å². The maximum absolute atomic E-state index is 9.23. The van der Waals surface area contributed by atoms with Crippen molar-refractivity contribution >= 4 is 5.95 Å². The van der Waals surface area contributed by atoms with Gasteiger partial charge >= 0.3 is 0 Å². The van der Waals surface area contributed by atoms with E-state index in [1.165, 1.54) is 0 Å². The molecule has 0 atom stereocenters. The van der Waals surface area contributed by atoms with E-state index in [1.807, 2.05) is 24.3 Å². The average Bonchev–Trinajstić information content (AvgIpc) is 2.62. The van der Waals surface area contributed by atoms with Crippen molar-refractivity contribution < 1.29 is 10.1 Å². The highest BCUT2D eigenvalue weighted by Gasteiger charge is 2.17. The second kappa shape index (κ2) is 6.41. The number of benzene rings is 1. The second-order valence-electron chi connectivity index (χ2n) is 5.13. The van der Waals surface area contributed by atoms with Crippen LogP contribution in [-0.4, -0.2) is 43.3 Å². The highest BCUT2D eigenvalue weighted by atomic mass is 16.5. The lowest BCUT2D eigenvalue weighted by Gasteiger charge is -2.25. The largest absolute Gasteiger partial charge is 0.497 e. The Bertz CT molecular complexity index is 687. The normalized spacial score (nSPS) is 14.5. The van der Waals surface area contributed by atoms with E-state index in [4.69, 9.17) is 4.74 Å². The topological polar surface area (TPSA) is 78.6 Å². The first kappa shape index (κ1) is 14.3. The van der Waals surface area contributed by atoms with Crippen LogP contribution in [0.2, 0.25) is 0 Å². The molecule has 0 spiro atoms. The van der Waals surface area contributed by atoms with E-state index < -0.39 is 0 Å². The van der Waals surface area contributed by atoms with E-state index in [2.05, 4.69) is 26.3 Å². The SMILES string of the molecule is COc1ccc(-c2cc(C#N)nc(N3CC[NH2+]CC3)n2)cc1. The number of rotatable bonds is 3. The Morgan fingerprint density at radius 2 is 1.91 bits per heavy atom. The molecule has 0 unspecified atom stereocenters. The van der Waals surface area contributed by atoms with Gasteiger partial charge in [0, 0.05) is 11.6 Å². The van der Waals surface area contributed by atoms with Gasteiger partial charge in [-0.1, -0.05) is 0 Å². The Morgan fingerprint density at radius 3 is 2.55 bits per heavy atom. The maximum atomic E-state index is 9.23. The molecular weight excluding hydrogens is 278 g/mol. The van der Waals surface area contributed by atoms with Crippen molar-refractivity contribution in [2.45, 2.75) is 0 Å². The number of hydrogen-bond acceptors (Lipinski definition) is 5. The summed E-state index contributed by atoms with van der Waals surface area (Å²) in [6.45, 7) is 3.85. The highest BCUT2D eigenvalue weighted by molar-refractivity contribution is 5.63. The Balaban J connectivity index is 1.97. The van der Waals surface area contributed by atoms with Crippen LogP contribution in [0.4, 0.5) is 5.95 Å². The lowest BCUT2D eigenvalue weighted by molar-refractivity contribution is -0.655. The zero-order chi connectivity index (χ0) is 15.4. The second-order valence-corrected chi connectivity index (χ2v) is 5.13. The minimum Gasteiger partial charge on any atom is -0.497 e. The van der Waals surface area contributed by atoms with Crippen LogP contribution in [0.1, 0.15) is 5.69 Å². The van der Waals surface area contributed by atoms with Crippen molar-refractivity contribution in [2.24, 2.45) is 0 Å². The fraction of sp³-hybridized carbons (Fsp3) is 0.312. The van der Waals surface area contributed by atoms with Crippen LogP contribution in [-0.2, 0) is 0 Å². The zero-order valence-electron chi connectivity index (χ0n) is 12.5. The number of nitriles is 1. The Hall–Kier alpha value is -2.65. The van der Waals surface area contributed by atoms with Gasteiger partial charge in [-0.3, -0.25) is 0 Å².